The maximum atomic E-state index is 11.9. The van der Waals surface area contributed by atoms with Gasteiger partial charge in [-0.1, -0.05) is 0 Å². The summed E-state index contributed by atoms with van der Waals surface area (Å²) in [6.07, 6.45) is 5.52. The van der Waals surface area contributed by atoms with Gasteiger partial charge >= 0.3 is 0 Å². The third kappa shape index (κ3) is 3.60. The summed E-state index contributed by atoms with van der Waals surface area (Å²) in [6.45, 7) is 1.39. The number of nitrogens with zero attached hydrogens (tertiary/aromatic N) is 1. The molecule has 0 radical (unpaired) electrons. The summed E-state index contributed by atoms with van der Waals surface area (Å²) in [5.74, 6) is 0.967. The zero-order chi connectivity index (χ0) is 12.1. The minimum Gasteiger partial charge on any atom is -0.467 e. The van der Waals surface area contributed by atoms with Crippen LogP contribution in [0.25, 0.3) is 0 Å². The lowest BCUT2D eigenvalue weighted by Crippen LogP contribution is -2.26. The van der Waals surface area contributed by atoms with Crippen molar-refractivity contribution in [3.05, 3.63) is 24.2 Å². The minimum atomic E-state index is 0.150. The summed E-state index contributed by atoms with van der Waals surface area (Å²) in [4.78, 5) is 13.6. The molecule has 1 aromatic rings. The van der Waals surface area contributed by atoms with Crippen molar-refractivity contribution in [3.63, 3.8) is 0 Å². The number of hydrogen-bond acceptors (Lipinski definition) is 3. The van der Waals surface area contributed by atoms with E-state index in [2.05, 4.69) is 0 Å². The van der Waals surface area contributed by atoms with Gasteiger partial charge in [-0.15, -0.1) is 0 Å². The minimum absolute atomic E-state index is 0.150. The van der Waals surface area contributed by atoms with Crippen LogP contribution in [0.3, 0.4) is 0 Å². The van der Waals surface area contributed by atoms with Crippen molar-refractivity contribution in [2.24, 2.45) is 0 Å². The lowest BCUT2D eigenvalue weighted by molar-refractivity contribution is -0.131. The number of ether oxygens (including phenoxy) is 1. The Kier molecular flexibility index (Phi) is 4.20. The highest BCUT2D eigenvalue weighted by atomic mass is 16.5. The molecule has 2 heterocycles. The summed E-state index contributed by atoms with van der Waals surface area (Å²) >= 11 is 0. The van der Waals surface area contributed by atoms with Crippen LogP contribution >= 0.6 is 0 Å². The number of carbonyl (C=O) groups excluding carboxylic acids is 1. The van der Waals surface area contributed by atoms with E-state index in [1.807, 2.05) is 12.1 Å². The zero-order valence-corrected chi connectivity index (χ0v) is 10.2. The molecular weight excluding hydrogens is 218 g/mol. The highest BCUT2D eigenvalue weighted by Gasteiger charge is 2.18. The van der Waals surface area contributed by atoms with E-state index < -0.39 is 0 Å². The summed E-state index contributed by atoms with van der Waals surface area (Å²) in [7, 11) is 1.81. The van der Waals surface area contributed by atoms with E-state index in [-0.39, 0.29) is 12.0 Å². The summed E-state index contributed by atoms with van der Waals surface area (Å²) in [5, 5.41) is 0. The topological polar surface area (TPSA) is 42.7 Å². The molecule has 0 bridgehead atoms. The van der Waals surface area contributed by atoms with Gasteiger partial charge in [0, 0.05) is 20.1 Å². The molecule has 17 heavy (non-hydrogen) atoms. The quantitative estimate of drug-likeness (QED) is 0.788. The molecule has 0 aliphatic carbocycles. The summed E-state index contributed by atoms with van der Waals surface area (Å²) in [6, 6.07) is 3.71. The third-order valence-corrected chi connectivity index (χ3v) is 3.10. The molecule has 1 atom stereocenters. The molecule has 1 fully saturated rings. The molecule has 1 aliphatic rings. The summed E-state index contributed by atoms with van der Waals surface area (Å²) < 4.78 is 10.7. The first-order valence-electron chi connectivity index (χ1n) is 6.13. The third-order valence-electron chi connectivity index (χ3n) is 3.10. The Morgan fingerprint density at radius 1 is 1.59 bits per heavy atom. The van der Waals surface area contributed by atoms with Crippen LogP contribution in [0.2, 0.25) is 0 Å². The van der Waals surface area contributed by atoms with E-state index in [0.717, 1.165) is 31.6 Å². The van der Waals surface area contributed by atoms with Gasteiger partial charge in [-0.3, -0.25) is 4.79 Å². The fourth-order valence-electron chi connectivity index (χ4n) is 2.07. The predicted molar refractivity (Wildman–Crippen MR) is 63.4 cm³/mol. The van der Waals surface area contributed by atoms with E-state index in [9.17, 15) is 4.79 Å². The Bertz CT molecular complexity index is 342. The fraction of sp³-hybridized carbons (Fsp3) is 0.615. The van der Waals surface area contributed by atoms with E-state index in [0.29, 0.717) is 13.0 Å². The molecule has 0 aromatic carbocycles. The molecule has 0 saturated carbocycles. The molecule has 1 saturated heterocycles. The highest BCUT2D eigenvalue weighted by molar-refractivity contribution is 5.75. The summed E-state index contributed by atoms with van der Waals surface area (Å²) in [5.41, 5.74) is 0. The maximum Gasteiger partial charge on any atom is 0.222 e. The first-order valence-corrected chi connectivity index (χ1v) is 6.13. The van der Waals surface area contributed by atoms with Crippen LogP contribution in [0.5, 0.6) is 0 Å². The molecule has 1 aliphatic heterocycles. The van der Waals surface area contributed by atoms with Gasteiger partial charge in [0.1, 0.15) is 5.76 Å². The van der Waals surface area contributed by atoms with E-state index in [1.165, 1.54) is 0 Å². The van der Waals surface area contributed by atoms with Crippen LogP contribution < -0.4 is 0 Å². The van der Waals surface area contributed by atoms with Gasteiger partial charge in [-0.2, -0.15) is 0 Å². The smallest absolute Gasteiger partial charge is 0.222 e. The van der Waals surface area contributed by atoms with Crippen LogP contribution in [0.15, 0.2) is 22.8 Å². The van der Waals surface area contributed by atoms with Crippen LogP contribution in [-0.2, 0) is 16.1 Å². The number of rotatable bonds is 5. The number of hydrogen-bond donors (Lipinski definition) is 0. The average Bonchev–Trinajstić information content (AvgIpc) is 2.98. The Balaban J connectivity index is 1.71. The van der Waals surface area contributed by atoms with Gasteiger partial charge in [-0.25, -0.2) is 0 Å². The van der Waals surface area contributed by atoms with Gasteiger partial charge in [0.2, 0.25) is 5.91 Å². The zero-order valence-electron chi connectivity index (χ0n) is 10.2. The lowest BCUT2D eigenvalue weighted by Gasteiger charge is -2.16. The molecule has 1 aromatic heterocycles. The monoisotopic (exact) mass is 237 g/mol. The van der Waals surface area contributed by atoms with Crippen LogP contribution in [0.4, 0.5) is 0 Å². The molecule has 2 rings (SSSR count). The van der Waals surface area contributed by atoms with Gasteiger partial charge in [0.05, 0.1) is 18.9 Å². The number of furan rings is 1. The first kappa shape index (κ1) is 12.2. The van der Waals surface area contributed by atoms with Gasteiger partial charge in [0.15, 0.2) is 0 Å². The van der Waals surface area contributed by atoms with Crippen LogP contribution in [0.1, 0.15) is 31.4 Å². The Labute approximate surface area is 102 Å². The van der Waals surface area contributed by atoms with Gasteiger partial charge < -0.3 is 14.1 Å². The maximum absolute atomic E-state index is 11.9. The normalized spacial score (nSPS) is 19.5. The number of carbonyl (C=O) groups is 1. The fourth-order valence-corrected chi connectivity index (χ4v) is 2.07. The second-order valence-electron chi connectivity index (χ2n) is 4.50. The largest absolute Gasteiger partial charge is 0.467 e. The van der Waals surface area contributed by atoms with Crippen molar-refractivity contribution in [1.29, 1.82) is 0 Å². The second kappa shape index (κ2) is 5.87. The average molecular weight is 237 g/mol. The highest BCUT2D eigenvalue weighted by Crippen LogP contribution is 2.17. The van der Waals surface area contributed by atoms with Crippen molar-refractivity contribution in [1.82, 2.24) is 4.90 Å². The second-order valence-corrected chi connectivity index (χ2v) is 4.50. The predicted octanol–water partition coefficient (Wildman–Crippen LogP) is 2.20. The van der Waals surface area contributed by atoms with Crippen LogP contribution in [0, 0.1) is 0 Å². The van der Waals surface area contributed by atoms with Crippen molar-refractivity contribution >= 4 is 5.91 Å². The molecule has 1 amide bonds. The standard InChI is InChI=1S/C13H19NO3/c1-14(10-12-5-3-9-17-12)13(15)7-6-11-4-2-8-16-11/h3,5,9,11H,2,4,6-8,10H2,1H3/t11-/m0/s1. The first-order chi connectivity index (χ1) is 8.25. The van der Waals surface area contributed by atoms with E-state index >= 15 is 0 Å². The lowest BCUT2D eigenvalue weighted by atomic mass is 10.1. The van der Waals surface area contributed by atoms with Gasteiger partial charge in [-0.05, 0) is 31.4 Å². The van der Waals surface area contributed by atoms with Gasteiger partial charge in [0.25, 0.3) is 0 Å². The molecular formula is C13H19NO3. The molecule has 0 spiro atoms. The Morgan fingerprint density at radius 2 is 2.47 bits per heavy atom. The van der Waals surface area contributed by atoms with Crippen molar-refractivity contribution in [3.8, 4) is 0 Å². The van der Waals surface area contributed by atoms with Crippen LogP contribution in [-0.4, -0.2) is 30.6 Å². The van der Waals surface area contributed by atoms with E-state index in [1.54, 1.807) is 18.2 Å². The molecule has 94 valence electrons. The molecule has 0 N–H and O–H groups in total. The SMILES string of the molecule is CN(Cc1ccco1)C(=O)CC[C@@H]1CCCO1. The molecule has 4 heteroatoms. The Hall–Kier alpha value is -1.29. The van der Waals surface area contributed by atoms with E-state index in [4.69, 9.17) is 9.15 Å². The van der Waals surface area contributed by atoms with Crippen molar-refractivity contribution < 1.29 is 13.9 Å². The van der Waals surface area contributed by atoms with Crippen molar-refractivity contribution in [2.75, 3.05) is 13.7 Å². The molecule has 0 unspecified atom stereocenters. The van der Waals surface area contributed by atoms with Crippen molar-refractivity contribution in [2.45, 2.75) is 38.3 Å². The number of amides is 1. The Morgan fingerprint density at radius 3 is 3.12 bits per heavy atom. The molecule has 4 nitrogen and oxygen atoms in total.